The second-order valence-corrected chi connectivity index (χ2v) is 10.5. The molecule has 1 aromatic rings. The fourth-order valence-corrected chi connectivity index (χ4v) is 5.74. The van der Waals surface area contributed by atoms with E-state index in [4.69, 9.17) is 4.74 Å². The van der Waals surface area contributed by atoms with Gasteiger partial charge in [0.2, 0.25) is 17.7 Å². The highest BCUT2D eigenvalue weighted by molar-refractivity contribution is 6.08. The third kappa shape index (κ3) is 5.61. The molecule has 0 bridgehead atoms. The largest absolute Gasteiger partial charge is 0.497 e. The van der Waals surface area contributed by atoms with Gasteiger partial charge in [-0.25, -0.2) is 0 Å². The first-order valence-corrected chi connectivity index (χ1v) is 13.1. The average Bonchev–Trinajstić information content (AvgIpc) is 3.13. The first kappa shape index (κ1) is 25.4. The maximum absolute atomic E-state index is 13.6. The zero-order chi connectivity index (χ0) is 24.9. The van der Waals surface area contributed by atoms with Crippen LogP contribution < -0.4 is 10.1 Å². The van der Waals surface area contributed by atoms with Crippen LogP contribution in [0.25, 0.3) is 0 Å². The van der Waals surface area contributed by atoms with Crippen molar-refractivity contribution in [2.75, 3.05) is 26.7 Å². The number of benzene rings is 1. The highest BCUT2D eigenvalue weighted by atomic mass is 16.5. The maximum atomic E-state index is 13.6. The van der Waals surface area contributed by atoms with Crippen molar-refractivity contribution in [2.45, 2.75) is 64.5 Å². The molecular weight excluding hydrogens is 442 g/mol. The van der Waals surface area contributed by atoms with Gasteiger partial charge in [-0.3, -0.25) is 24.2 Å². The first-order valence-electron chi connectivity index (χ1n) is 13.1. The van der Waals surface area contributed by atoms with Gasteiger partial charge in [0.25, 0.3) is 0 Å². The minimum atomic E-state index is -0.765. The summed E-state index contributed by atoms with van der Waals surface area (Å²) >= 11 is 0. The number of ether oxygens (including phenoxy) is 1. The van der Waals surface area contributed by atoms with E-state index in [1.807, 2.05) is 38.1 Å². The molecule has 1 N–H and O–H groups in total. The summed E-state index contributed by atoms with van der Waals surface area (Å²) in [6.07, 6.45) is 9.09. The summed E-state index contributed by atoms with van der Waals surface area (Å²) in [6.45, 7) is 6.45. The molecule has 0 aromatic heterocycles. The van der Waals surface area contributed by atoms with Gasteiger partial charge in [0, 0.05) is 6.54 Å². The molecule has 0 spiro atoms. The molecule has 1 aliphatic carbocycles. The Morgan fingerprint density at radius 1 is 1.00 bits per heavy atom. The van der Waals surface area contributed by atoms with Gasteiger partial charge in [0.1, 0.15) is 11.8 Å². The van der Waals surface area contributed by atoms with E-state index in [-0.39, 0.29) is 41.5 Å². The van der Waals surface area contributed by atoms with Crippen molar-refractivity contribution >= 4 is 17.7 Å². The summed E-state index contributed by atoms with van der Waals surface area (Å²) in [6, 6.07) is 7.28. The summed E-state index contributed by atoms with van der Waals surface area (Å²) in [5.74, 6) is -0.283. The molecule has 2 heterocycles. The van der Waals surface area contributed by atoms with Gasteiger partial charge in [-0.1, -0.05) is 44.6 Å². The zero-order valence-corrected chi connectivity index (χ0v) is 21.2. The van der Waals surface area contributed by atoms with Crippen LogP contribution in [0, 0.1) is 17.8 Å². The molecule has 3 amide bonds. The van der Waals surface area contributed by atoms with Crippen LogP contribution in [-0.2, 0) is 14.4 Å². The number of hydrogen-bond acceptors (Lipinski definition) is 5. The average molecular weight is 482 g/mol. The number of nitrogens with one attached hydrogen (secondary N) is 1. The zero-order valence-electron chi connectivity index (χ0n) is 21.2. The van der Waals surface area contributed by atoms with E-state index in [2.05, 4.69) is 22.3 Å². The van der Waals surface area contributed by atoms with Gasteiger partial charge in [-0.2, -0.15) is 0 Å². The van der Waals surface area contributed by atoms with Crippen molar-refractivity contribution in [3.05, 3.63) is 42.0 Å². The lowest BCUT2D eigenvalue weighted by Crippen LogP contribution is -2.52. The number of nitrogens with zero attached hydrogens (tertiary/aromatic N) is 2. The second kappa shape index (κ2) is 11.4. The predicted octanol–water partition coefficient (Wildman–Crippen LogP) is 3.70. The number of rotatable bonds is 9. The molecule has 2 aliphatic heterocycles. The Hall–Kier alpha value is -2.67. The van der Waals surface area contributed by atoms with Crippen molar-refractivity contribution in [3.63, 3.8) is 0 Å². The number of piperidine rings is 1. The molecule has 0 saturated carbocycles. The van der Waals surface area contributed by atoms with Gasteiger partial charge >= 0.3 is 0 Å². The Kier molecular flexibility index (Phi) is 8.26. The summed E-state index contributed by atoms with van der Waals surface area (Å²) < 4.78 is 5.32. The van der Waals surface area contributed by atoms with Crippen LogP contribution >= 0.6 is 0 Å². The van der Waals surface area contributed by atoms with E-state index in [1.165, 1.54) is 11.3 Å². The quantitative estimate of drug-likeness (QED) is 0.430. The summed E-state index contributed by atoms with van der Waals surface area (Å²) in [5.41, 5.74) is 1.12. The summed E-state index contributed by atoms with van der Waals surface area (Å²) in [7, 11) is 1.65. The van der Waals surface area contributed by atoms with Crippen LogP contribution in [0.3, 0.4) is 0 Å². The van der Waals surface area contributed by atoms with E-state index < -0.39 is 6.04 Å². The number of carbonyl (C=O) groups is 3. The molecule has 1 aromatic carbocycles. The molecule has 190 valence electrons. The number of methoxy groups -OCH3 is 1. The maximum Gasteiger partial charge on any atom is 0.243 e. The third-order valence-electron chi connectivity index (χ3n) is 7.65. The highest BCUT2D eigenvalue weighted by Gasteiger charge is 2.51. The normalized spacial score (nSPS) is 24.4. The SMILES string of the molecule is COc1ccc(C(CNC(=O)C(CC(C)C)N2C(=O)C3CC=CCC3C2=O)N2CCCCC2)cc1. The van der Waals surface area contributed by atoms with E-state index in [0.29, 0.717) is 25.8 Å². The number of allylic oxidation sites excluding steroid dienone is 2. The molecule has 7 nitrogen and oxygen atoms in total. The number of fused-ring (bicyclic) bond motifs is 1. The molecule has 4 atom stereocenters. The molecule has 4 unspecified atom stereocenters. The highest BCUT2D eigenvalue weighted by Crippen LogP contribution is 2.37. The van der Waals surface area contributed by atoms with E-state index >= 15 is 0 Å². The summed E-state index contributed by atoms with van der Waals surface area (Å²) in [5, 5.41) is 3.14. The molecule has 2 saturated heterocycles. The van der Waals surface area contributed by atoms with E-state index in [1.54, 1.807) is 7.11 Å². The van der Waals surface area contributed by atoms with Crippen LogP contribution in [0.1, 0.15) is 64.0 Å². The van der Waals surface area contributed by atoms with Crippen molar-refractivity contribution in [3.8, 4) is 5.75 Å². The molecule has 7 heteroatoms. The van der Waals surface area contributed by atoms with Crippen LogP contribution in [0.4, 0.5) is 0 Å². The van der Waals surface area contributed by atoms with Crippen molar-refractivity contribution in [1.29, 1.82) is 0 Å². The molecule has 35 heavy (non-hydrogen) atoms. The first-order chi connectivity index (χ1) is 16.9. The fraction of sp³-hybridized carbons (Fsp3) is 0.607. The van der Waals surface area contributed by atoms with Crippen LogP contribution in [0.15, 0.2) is 36.4 Å². The molecular formula is C28H39N3O4. The molecule has 0 radical (unpaired) electrons. The lowest BCUT2D eigenvalue weighted by molar-refractivity contribution is -0.148. The van der Waals surface area contributed by atoms with Gasteiger partial charge in [0.15, 0.2) is 0 Å². The smallest absolute Gasteiger partial charge is 0.243 e. The van der Waals surface area contributed by atoms with Gasteiger partial charge in [0.05, 0.1) is 25.0 Å². The lowest BCUT2D eigenvalue weighted by atomic mass is 9.85. The number of amides is 3. The van der Waals surface area contributed by atoms with Crippen LogP contribution in [-0.4, -0.2) is 60.3 Å². The van der Waals surface area contributed by atoms with Gasteiger partial charge in [-0.05, 0) is 68.8 Å². The number of carbonyl (C=O) groups excluding carboxylic acids is 3. The van der Waals surface area contributed by atoms with Crippen molar-refractivity contribution in [2.24, 2.45) is 17.8 Å². The monoisotopic (exact) mass is 481 g/mol. The summed E-state index contributed by atoms with van der Waals surface area (Å²) in [4.78, 5) is 43.7. The lowest BCUT2D eigenvalue weighted by Gasteiger charge is -2.36. The Bertz CT molecular complexity index is 910. The number of hydrogen-bond donors (Lipinski definition) is 1. The Balaban J connectivity index is 1.51. The number of imide groups is 1. The van der Waals surface area contributed by atoms with E-state index in [9.17, 15) is 14.4 Å². The number of likely N-dealkylation sites (tertiary alicyclic amines) is 2. The molecule has 4 rings (SSSR count). The Morgan fingerprint density at radius 3 is 2.14 bits per heavy atom. The third-order valence-corrected chi connectivity index (χ3v) is 7.65. The molecule has 3 aliphatic rings. The van der Waals surface area contributed by atoms with Crippen molar-refractivity contribution in [1.82, 2.24) is 15.1 Å². The Labute approximate surface area is 208 Å². The topological polar surface area (TPSA) is 79.0 Å². The standard InChI is InChI=1S/C28H39N3O4/c1-19(2)17-24(31-27(33)22-9-5-6-10-23(22)28(31)34)26(32)29-18-25(30-15-7-4-8-16-30)20-11-13-21(35-3)14-12-20/h5-6,11-14,19,22-25H,4,7-10,15-18H2,1-3H3,(H,29,32). The minimum absolute atomic E-state index is 0.0293. The van der Waals surface area contributed by atoms with Crippen LogP contribution in [0.5, 0.6) is 5.75 Å². The second-order valence-electron chi connectivity index (χ2n) is 10.5. The van der Waals surface area contributed by atoms with Crippen LogP contribution in [0.2, 0.25) is 0 Å². The van der Waals surface area contributed by atoms with Gasteiger partial charge in [-0.15, -0.1) is 0 Å². The fourth-order valence-electron chi connectivity index (χ4n) is 5.74. The van der Waals surface area contributed by atoms with E-state index in [0.717, 1.165) is 37.2 Å². The molecule has 2 fully saturated rings. The van der Waals surface area contributed by atoms with Gasteiger partial charge < -0.3 is 10.1 Å². The van der Waals surface area contributed by atoms with Crippen molar-refractivity contribution < 1.29 is 19.1 Å². The predicted molar refractivity (Wildman–Crippen MR) is 135 cm³/mol. The minimum Gasteiger partial charge on any atom is -0.497 e. The Morgan fingerprint density at radius 2 is 1.60 bits per heavy atom.